The molecule has 0 bridgehead atoms. The summed E-state index contributed by atoms with van der Waals surface area (Å²) in [5.41, 5.74) is 5.08. The molecule has 0 unspecified atom stereocenters. The van der Waals surface area contributed by atoms with Gasteiger partial charge in [0.1, 0.15) is 19.0 Å². The van der Waals surface area contributed by atoms with Gasteiger partial charge >= 0.3 is 6.09 Å². The van der Waals surface area contributed by atoms with Gasteiger partial charge in [0, 0.05) is 0 Å². The van der Waals surface area contributed by atoms with E-state index in [1.165, 1.54) is 4.90 Å². The minimum Gasteiger partial charge on any atom is -0.489 e. The molecule has 1 saturated heterocycles. The first-order valence-electron chi connectivity index (χ1n) is 11.8. The largest absolute Gasteiger partial charge is 0.489 e. The number of carbonyl (C=O) groups excluding carboxylic acids is 2. The molecule has 2 heterocycles. The number of rotatable bonds is 8. The smallest absolute Gasteiger partial charge is 0.416 e. The van der Waals surface area contributed by atoms with E-state index in [1.807, 2.05) is 78.9 Å². The van der Waals surface area contributed by atoms with E-state index < -0.39 is 6.09 Å². The summed E-state index contributed by atoms with van der Waals surface area (Å²) in [5.74, 6) is 0.435. The highest BCUT2D eigenvalue weighted by molar-refractivity contribution is 14.2. The molecule has 0 aromatic heterocycles. The number of benzene rings is 3. The second-order valence-corrected chi connectivity index (χ2v) is 10.7. The Labute approximate surface area is 220 Å². The Hall–Kier alpha value is -3.52. The Morgan fingerprint density at radius 3 is 2.44 bits per heavy atom. The Bertz CT molecular complexity index is 1330. The third-order valence-corrected chi connectivity index (χ3v) is 7.91. The number of imide groups is 1. The zero-order valence-corrected chi connectivity index (χ0v) is 21.8. The Balaban J connectivity index is 1.37. The molecule has 2 amide bonds. The Morgan fingerprint density at radius 2 is 1.72 bits per heavy atom. The topological polar surface area (TPSA) is 55.8 Å². The molecule has 182 valence electrons. The third kappa shape index (κ3) is 5.99. The van der Waals surface area contributed by atoms with Crippen LogP contribution in [-0.4, -0.2) is 33.6 Å². The quantitative estimate of drug-likeness (QED) is 0.298. The minimum atomic E-state index is -0.573. The van der Waals surface area contributed by atoms with Gasteiger partial charge in [0.05, 0.1) is 12.5 Å². The van der Waals surface area contributed by atoms with Crippen LogP contribution in [0.5, 0.6) is 5.75 Å². The van der Waals surface area contributed by atoms with Crippen molar-refractivity contribution < 1.29 is 19.1 Å². The lowest BCUT2D eigenvalue weighted by atomic mass is 10.0. The highest BCUT2D eigenvalue weighted by Crippen LogP contribution is 2.29. The lowest BCUT2D eigenvalue weighted by Crippen LogP contribution is -2.41. The molecule has 2 aliphatic rings. The normalized spacial score (nSPS) is 16.8. The molecule has 5 nitrogen and oxygen atoms in total. The summed E-state index contributed by atoms with van der Waals surface area (Å²) in [5, 5.41) is 0. The highest BCUT2D eigenvalue weighted by Gasteiger charge is 2.37. The van der Waals surface area contributed by atoms with E-state index in [0.717, 1.165) is 27.8 Å². The first kappa shape index (κ1) is 24.2. The Kier molecular flexibility index (Phi) is 7.71. The Morgan fingerprint density at radius 1 is 0.972 bits per heavy atom. The maximum atomic E-state index is 13.4. The molecule has 36 heavy (non-hydrogen) atoms. The number of carbonyl (C=O) groups is 2. The number of hydrogen-bond acceptors (Lipinski definition) is 4. The lowest BCUT2D eigenvalue weighted by molar-refractivity contribution is -0.128. The number of hydrogen-bond donors (Lipinski definition) is 0. The van der Waals surface area contributed by atoms with Gasteiger partial charge in [0.2, 0.25) is 5.91 Å². The number of amides is 2. The maximum Gasteiger partial charge on any atom is 0.416 e. The van der Waals surface area contributed by atoms with Crippen molar-refractivity contribution in [2.24, 2.45) is 0 Å². The van der Waals surface area contributed by atoms with Crippen LogP contribution in [0.1, 0.15) is 22.3 Å². The van der Waals surface area contributed by atoms with Crippen LogP contribution in [0.25, 0.3) is 5.57 Å². The second kappa shape index (κ2) is 11.5. The molecule has 3 aromatic rings. The van der Waals surface area contributed by atoms with Crippen LogP contribution in [0, 0.1) is 0 Å². The number of cyclic esters (lactones) is 1. The van der Waals surface area contributed by atoms with Crippen molar-refractivity contribution in [2.75, 3.05) is 6.61 Å². The molecular formula is C30H26INO4. The fourth-order valence-corrected chi connectivity index (χ4v) is 5.91. The summed E-state index contributed by atoms with van der Waals surface area (Å²) in [6.45, 7) is 0.646. The van der Waals surface area contributed by atoms with E-state index in [0.29, 0.717) is 18.8 Å². The number of ether oxygens (including phenoxy) is 2. The maximum absolute atomic E-state index is 13.4. The molecule has 0 N–H and O–H groups in total. The highest BCUT2D eigenvalue weighted by atomic mass is 127. The molecule has 0 saturated carbocycles. The molecule has 0 radical (unpaired) electrons. The van der Waals surface area contributed by atoms with Gasteiger partial charge in [0.25, 0.3) is 0 Å². The average molecular weight is 591 g/mol. The number of nitrogens with zero attached hydrogens (tertiary/aromatic N) is 1. The van der Waals surface area contributed by atoms with E-state index >= 15 is 0 Å². The van der Waals surface area contributed by atoms with E-state index in [2.05, 4.69) is 20.2 Å². The van der Waals surface area contributed by atoms with E-state index in [-0.39, 0.29) is 45.7 Å². The molecule has 2 aliphatic heterocycles. The van der Waals surface area contributed by atoms with Crippen molar-refractivity contribution in [1.29, 1.82) is 0 Å². The first-order valence-corrected chi connectivity index (χ1v) is 14.3. The van der Waals surface area contributed by atoms with Gasteiger partial charge < -0.3 is 9.47 Å². The molecule has 6 heteroatoms. The van der Waals surface area contributed by atoms with Crippen molar-refractivity contribution in [3.8, 4) is 5.75 Å². The predicted octanol–water partition coefficient (Wildman–Crippen LogP) is 6.08. The fraction of sp³-hybridized carbons (Fsp3) is 0.167. The minimum absolute atomic E-state index is 0.0914. The van der Waals surface area contributed by atoms with Crippen LogP contribution in [0.15, 0.2) is 95.1 Å². The van der Waals surface area contributed by atoms with E-state index in [4.69, 9.17) is 9.47 Å². The second-order valence-electron chi connectivity index (χ2n) is 8.68. The van der Waals surface area contributed by atoms with E-state index in [1.54, 1.807) is 0 Å². The number of allylic oxidation sites excluding steroid dienone is 3. The van der Waals surface area contributed by atoms with Crippen molar-refractivity contribution in [2.45, 2.75) is 25.5 Å². The van der Waals surface area contributed by atoms with Crippen molar-refractivity contribution in [3.63, 3.8) is 0 Å². The van der Waals surface area contributed by atoms with Gasteiger partial charge in [-0.3, -0.25) is 4.79 Å². The molecule has 3 aromatic carbocycles. The van der Waals surface area contributed by atoms with Crippen molar-refractivity contribution >= 4 is 42.3 Å². The summed E-state index contributed by atoms with van der Waals surface area (Å²) >= 11 is -0.129. The molecule has 1 fully saturated rings. The van der Waals surface area contributed by atoms with Crippen molar-refractivity contribution in [3.05, 3.63) is 117 Å². The van der Waals surface area contributed by atoms with Gasteiger partial charge in [-0.15, -0.1) is 0 Å². The summed E-state index contributed by atoms with van der Waals surface area (Å²) in [7, 11) is 0. The lowest BCUT2D eigenvalue weighted by Gasteiger charge is -2.20. The molecule has 0 spiro atoms. The summed E-state index contributed by atoms with van der Waals surface area (Å²) in [6.07, 6.45) is 4.25. The van der Waals surface area contributed by atoms with Crippen LogP contribution >= 0.6 is 20.7 Å². The first-order chi connectivity index (χ1) is 17.7. The van der Waals surface area contributed by atoms with Crippen LogP contribution in [0.4, 0.5) is 4.79 Å². The van der Waals surface area contributed by atoms with E-state index in [9.17, 15) is 9.59 Å². The van der Waals surface area contributed by atoms with Gasteiger partial charge in [-0.1, -0.05) is 99.6 Å². The van der Waals surface area contributed by atoms with Gasteiger partial charge in [-0.25, -0.2) is 9.69 Å². The van der Waals surface area contributed by atoms with Crippen LogP contribution in [0.3, 0.4) is 0 Å². The van der Waals surface area contributed by atoms with Crippen LogP contribution < -0.4 is 4.74 Å². The molecule has 5 rings (SSSR count). The fourth-order valence-electron chi connectivity index (χ4n) is 4.30. The van der Waals surface area contributed by atoms with Crippen molar-refractivity contribution in [1.82, 2.24) is 4.90 Å². The van der Waals surface area contributed by atoms with Crippen LogP contribution in [0.2, 0.25) is 0 Å². The SMILES string of the molecule is O=C(Cc1cc(OCc2ccccc2)cc(C2=CI=CC=C2)c1)N1C(=O)OC[C@@H]1Cc1ccccc1. The third-order valence-electron chi connectivity index (χ3n) is 6.05. The van der Waals surface area contributed by atoms with Gasteiger partial charge in [-0.2, -0.15) is 0 Å². The zero-order chi connectivity index (χ0) is 24.7. The zero-order valence-electron chi connectivity index (χ0n) is 19.7. The standard InChI is InChI=1S/C30H26INO4/c33-29(32-27(21-36-30(32)34)15-22-8-3-1-4-9-22)17-24-14-26(25-12-7-13-31-19-25)18-28(16-24)35-20-23-10-5-2-6-11-23/h1-14,16,18-19,27H,15,17,20-21H2/t27-/m0/s1. The molecule has 0 aliphatic carbocycles. The average Bonchev–Trinajstić information content (AvgIpc) is 3.28. The predicted molar refractivity (Wildman–Crippen MR) is 150 cm³/mol. The van der Waals surface area contributed by atoms with Gasteiger partial charge in [0.15, 0.2) is 0 Å². The molecule has 1 atom stereocenters. The van der Waals surface area contributed by atoms with Gasteiger partial charge in [-0.05, 0) is 54.5 Å². The monoisotopic (exact) mass is 591 g/mol. The summed E-state index contributed by atoms with van der Waals surface area (Å²) in [6, 6.07) is 25.5. The molecular weight excluding hydrogens is 565 g/mol. The van der Waals surface area contributed by atoms with Crippen LogP contribution in [-0.2, 0) is 29.0 Å². The number of halogens is 1. The summed E-state index contributed by atoms with van der Waals surface area (Å²) < 4.78 is 15.8. The summed E-state index contributed by atoms with van der Waals surface area (Å²) in [4.78, 5) is 27.1.